The lowest BCUT2D eigenvalue weighted by Gasteiger charge is -2.31. The second-order valence-electron chi connectivity index (χ2n) is 6.39. The molecule has 1 fully saturated rings. The molecule has 2 rings (SSSR count). The van der Waals surface area contributed by atoms with Gasteiger partial charge < -0.3 is 15.3 Å². The van der Waals surface area contributed by atoms with Crippen LogP contribution in [0.25, 0.3) is 0 Å². The number of rotatable bonds is 8. The molecule has 1 unspecified atom stereocenters. The third kappa shape index (κ3) is 6.20. The topological polar surface area (TPSA) is 55.8 Å². The molecular formula is C18H29N3O2. The van der Waals surface area contributed by atoms with Crippen LogP contribution in [0.2, 0.25) is 0 Å². The maximum absolute atomic E-state index is 12.0. The minimum atomic E-state index is 0.0888. The second-order valence-corrected chi connectivity index (χ2v) is 6.39. The number of hydrogen-bond donors (Lipinski definition) is 2. The summed E-state index contributed by atoms with van der Waals surface area (Å²) in [6.45, 7) is 4.09. The van der Waals surface area contributed by atoms with E-state index in [1.807, 2.05) is 18.2 Å². The fourth-order valence-electron chi connectivity index (χ4n) is 3.06. The van der Waals surface area contributed by atoms with Crippen molar-refractivity contribution in [1.29, 1.82) is 0 Å². The molecule has 128 valence electrons. The van der Waals surface area contributed by atoms with Crippen LogP contribution in [0.1, 0.15) is 19.3 Å². The van der Waals surface area contributed by atoms with Gasteiger partial charge in [-0.15, -0.1) is 0 Å². The van der Waals surface area contributed by atoms with Crippen LogP contribution in [0.3, 0.4) is 0 Å². The van der Waals surface area contributed by atoms with Gasteiger partial charge in [0.25, 0.3) is 0 Å². The number of aliphatic hydroxyl groups is 1. The Morgan fingerprint density at radius 1 is 1.39 bits per heavy atom. The van der Waals surface area contributed by atoms with Gasteiger partial charge in [0, 0.05) is 39.0 Å². The van der Waals surface area contributed by atoms with Crippen molar-refractivity contribution in [2.75, 3.05) is 51.3 Å². The van der Waals surface area contributed by atoms with Gasteiger partial charge in [0.1, 0.15) is 0 Å². The second kappa shape index (κ2) is 9.53. The third-order valence-electron chi connectivity index (χ3n) is 4.42. The average molecular weight is 319 g/mol. The first-order valence-corrected chi connectivity index (χ1v) is 8.55. The molecular weight excluding hydrogens is 290 g/mol. The monoisotopic (exact) mass is 319 g/mol. The highest BCUT2D eigenvalue weighted by atomic mass is 16.3. The first-order chi connectivity index (χ1) is 11.2. The summed E-state index contributed by atoms with van der Waals surface area (Å²) in [5.41, 5.74) is 1.20. The van der Waals surface area contributed by atoms with Gasteiger partial charge in [-0.1, -0.05) is 18.2 Å². The predicted octanol–water partition coefficient (Wildman–Crippen LogP) is 1.33. The quantitative estimate of drug-likeness (QED) is 0.710. The Bertz CT molecular complexity index is 467. The molecule has 2 N–H and O–H groups in total. The highest BCUT2D eigenvalue weighted by molar-refractivity contribution is 5.78. The SMILES string of the molecule is CN(CCCNC(=O)CN1CCCC(CO)C1)c1ccccc1. The van der Waals surface area contributed by atoms with Crippen molar-refractivity contribution in [3.63, 3.8) is 0 Å². The van der Waals surface area contributed by atoms with E-state index in [0.717, 1.165) is 38.9 Å². The van der Waals surface area contributed by atoms with Crippen LogP contribution >= 0.6 is 0 Å². The van der Waals surface area contributed by atoms with Gasteiger partial charge >= 0.3 is 0 Å². The summed E-state index contributed by atoms with van der Waals surface area (Å²) >= 11 is 0. The molecule has 5 nitrogen and oxygen atoms in total. The van der Waals surface area contributed by atoms with Crippen LogP contribution in [-0.4, -0.2) is 62.3 Å². The van der Waals surface area contributed by atoms with Gasteiger partial charge in [-0.2, -0.15) is 0 Å². The lowest BCUT2D eigenvalue weighted by Crippen LogP contribution is -2.43. The average Bonchev–Trinajstić information content (AvgIpc) is 2.59. The van der Waals surface area contributed by atoms with Crippen molar-refractivity contribution < 1.29 is 9.90 Å². The van der Waals surface area contributed by atoms with Crippen molar-refractivity contribution in [1.82, 2.24) is 10.2 Å². The lowest BCUT2D eigenvalue weighted by atomic mass is 9.99. The summed E-state index contributed by atoms with van der Waals surface area (Å²) in [5, 5.41) is 12.2. The summed E-state index contributed by atoms with van der Waals surface area (Å²) in [4.78, 5) is 16.3. The Morgan fingerprint density at radius 3 is 2.91 bits per heavy atom. The molecule has 0 aliphatic carbocycles. The van der Waals surface area contributed by atoms with E-state index in [-0.39, 0.29) is 12.5 Å². The van der Waals surface area contributed by atoms with E-state index < -0.39 is 0 Å². The Kier molecular flexibility index (Phi) is 7.36. The zero-order valence-corrected chi connectivity index (χ0v) is 14.1. The van der Waals surface area contributed by atoms with Gasteiger partial charge in [0.2, 0.25) is 5.91 Å². The predicted molar refractivity (Wildman–Crippen MR) is 93.6 cm³/mol. The molecule has 1 aliphatic rings. The van der Waals surface area contributed by atoms with Crippen molar-refractivity contribution in [2.24, 2.45) is 5.92 Å². The number of para-hydroxylation sites is 1. The molecule has 1 heterocycles. The highest BCUT2D eigenvalue weighted by Gasteiger charge is 2.20. The van der Waals surface area contributed by atoms with Crippen molar-refractivity contribution in [3.05, 3.63) is 30.3 Å². The largest absolute Gasteiger partial charge is 0.396 e. The number of nitrogens with zero attached hydrogens (tertiary/aromatic N) is 2. The van der Waals surface area contributed by atoms with Crippen LogP contribution in [0.15, 0.2) is 30.3 Å². The van der Waals surface area contributed by atoms with E-state index in [9.17, 15) is 9.90 Å². The number of benzene rings is 1. The highest BCUT2D eigenvalue weighted by Crippen LogP contribution is 2.15. The maximum atomic E-state index is 12.0. The van der Waals surface area contributed by atoms with Crippen LogP contribution in [-0.2, 0) is 4.79 Å². The number of likely N-dealkylation sites (tertiary alicyclic amines) is 1. The Morgan fingerprint density at radius 2 is 2.17 bits per heavy atom. The normalized spacial score (nSPS) is 18.6. The number of hydrogen-bond acceptors (Lipinski definition) is 4. The molecule has 5 heteroatoms. The summed E-state index contributed by atoms with van der Waals surface area (Å²) < 4.78 is 0. The molecule has 1 atom stereocenters. The van der Waals surface area contributed by atoms with Crippen LogP contribution < -0.4 is 10.2 Å². The van der Waals surface area contributed by atoms with Crippen LogP contribution in [0.4, 0.5) is 5.69 Å². The molecule has 1 aliphatic heterocycles. The molecule has 1 aromatic carbocycles. The molecule has 0 radical (unpaired) electrons. The molecule has 0 saturated carbocycles. The number of amides is 1. The van der Waals surface area contributed by atoms with Gasteiger partial charge in [0.05, 0.1) is 6.54 Å². The van der Waals surface area contributed by atoms with Gasteiger partial charge in [-0.3, -0.25) is 9.69 Å². The van der Waals surface area contributed by atoms with E-state index >= 15 is 0 Å². The maximum Gasteiger partial charge on any atom is 0.234 e. The lowest BCUT2D eigenvalue weighted by molar-refractivity contribution is -0.122. The summed E-state index contributed by atoms with van der Waals surface area (Å²) in [7, 11) is 2.07. The first kappa shape index (κ1) is 17.8. The van der Waals surface area contributed by atoms with Crippen molar-refractivity contribution in [3.8, 4) is 0 Å². The Hall–Kier alpha value is -1.59. The minimum absolute atomic E-state index is 0.0888. The molecule has 0 aromatic heterocycles. The molecule has 1 amide bonds. The van der Waals surface area contributed by atoms with Crippen molar-refractivity contribution in [2.45, 2.75) is 19.3 Å². The van der Waals surface area contributed by atoms with Crippen molar-refractivity contribution >= 4 is 11.6 Å². The van der Waals surface area contributed by atoms with Crippen LogP contribution in [0, 0.1) is 5.92 Å². The van der Waals surface area contributed by atoms with E-state index in [1.54, 1.807) is 0 Å². The van der Waals surface area contributed by atoms with E-state index in [4.69, 9.17) is 0 Å². The summed E-state index contributed by atoms with van der Waals surface area (Å²) in [6.07, 6.45) is 3.07. The van der Waals surface area contributed by atoms with Crippen LogP contribution in [0.5, 0.6) is 0 Å². The third-order valence-corrected chi connectivity index (χ3v) is 4.42. The van der Waals surface area contributed by atoms with E-state index in [2.05, 4.69) is 34.3 Å². The van der Waals surface area contributed by atoms with E-state index in [1.165, 1.54) is 5.69 Å². The minimum Gasteiger partial charge on any atom is -0.396 e. The smallest absolute Gasteiger partial charge is 0.234 e. The van der Waals surface area contributed by atoms with Gasteiger partial charge in [-0.05, 0) is 43.9 Å². The zero-order chi connectivity index (χ0) is 16.5. The number of anilines is 1. The van der Waals surface area contributed by atoms with E-state index in [0.29, 0.717) is 19.0 Å². The van der Waals surface area contributed by atoms with Gasteiger partial charge in [-0.25, -0.2) is 0 Å². The number of carbonyl (C=O) groups excluding carboxylic acids is 1. The zero-order valence-electron chi connectivity index (χ0n) is 14.1. The number of nitrogens with one attached hydrogen (secondary N) is 1. The molecule has 0 bridgehead atoms. The molecule has 23 heavy (non-hydrogen) atoms. The molecule has 1 saturated heterocycles. The fraction of sp³-hybridized carbons (Fsp3) is 0.611. The van der Waals surface area contributed by atoms with Gasteiger partial charge in [0.15, 0.2) is 0 Å². The Labute approximate surface area is 139 Å². The summed E-state index contributed by atoms with van der Waals surface area (Å²) in [5.74, 6) is 0.419. The Balaban J connectivity index is 1.59. The molecule has 0 spiro atoms. The number of piperidine rings is 1. The standard InChI is InChI=1S/C18H29N3O2/c1-20(17-8-3-2-4-9-17)11-6-10-19-18(23)14-21-12-5-7-16(13-21)15-22/h2-4,8-9,16,22H,5-7,10-15H2,1H3,(H,19,23). The summed E-state index contributed by atoms with van der Waals surface area (Å²) in [6, 6.07) is 10.3. The number of carbonyl (C=O) groups is 1. The first-order valence-electron chi connectivity index (χ1n) is 8.55. The fourth-order valence-corrected chi connectivity index (χ4v) is 3.06. The number of aliphatic hydroxyl groups excluding tert-OH is 1. The molecule has 1 aromatic rings.